The minimum Gasteiger partial charge on any atom is -0.391 e. The Labute approximate surface area is 215 Å². The summed E-state index contributed by atoms with van der Waals surface area (Å²) in [5.74, 6) is -1.10. The van der Waals surface area contributed by atoms with Crippen molar-refractivity contribution in [1.82, 2.24) is 10.2 Å². The van der Waals surface area contributed by atoms with Crippen molar-refractivity contribution in [2.75, 3.05) is 32.8 Å². The molecule has 0 radical (unpaired) electrons. The van der Waals surface area contributed by atoms with Crippen LogP contribution in [0.1, 0.15) is 42.6 Å². The summed E-state index contributed by atoms with van der Waals surface area (Å²) in [6.07, 6.45) is -0.675. The van der Waals surface area contributed by atoms with Gasteiger partial charge in [-0.2, -0.15) is 0 Å². The molecule has 9 heteroatoms. The number of amides is 2. The highest BCUT2D eigenvalue weighted by atomic mass is 19.1. The predicted molar refractivity (Wildman–Crippen MR) is 135 cm³/mol. The molecule has 5 atom stereocenters. The highest BCUT2D eigenvalue weighted by molar-refractivity contribution is 5.81. The van der Waals surface area contributed by atoms with Crippen LogP contribution in [-0.4, -0.2) is 66.8 Å². The van der Waals surface area contributed by atoms with Crippen molar-refractivity contribution >= 4 is 11.8 Å². The smallest absolute Gasteiger partial charge is 0.246 e. The summed E-state index contributed by atoms with van der Waals surface area (Å²) in [7, 11) is 0. The second-order valence-corrected chi connectivity index (χ2v) is 10.3. The van der Waals surface area contributed by atoms with Crippen LogP contribution in [0.15, 0.2) is 36.4 Å². The van der Waals surface area contributed by atoms with Gasteiger partial charge in [-0.25, -0.2) is 4.39 Å². The van der Waals surface area contributed by atoms with Gasteiger partial charge < -0.3 is 30.5 Å². The minimum atomic E-state index is -1.03. The maximum absolute atomic E-state index is 15.3. The zero-order valence-corrected chi connectivity index (χ0v) is 21.2. The number of ether oxygens (including phenoxy) is 2. The lowest BCUT2D eigenvalue weighted by atomic mass is 9.66. The number of hydrogen-bond donors (Lipinski definition) is 3. The monoisotopic (exact) mass is 511 g/mol. The summed E-state index contributed by atoms with van der Waals surface area (Å²) < 4.78 is 27.8. The summed E-state index contributed by atoms with van der Waals surface area (Å²) in [4.78, 5) is 27.4. The van der Waals surface area contributed by atoms with Gasteiger partial charge >= 0.3 is 0 Å². The number of benzene rings is 2. The molecule has 1 aliphatic heterocycles. The Morgan fingerprint density at radius 1 is 1.30 bits per heavy atom. The van der Waals surface area contributed by atoms with E-state index in [1.54, 1.807) is 11.0 Å². The fourth-order valence-corrected chi connectivity index (χ4v) is 6.01. The van der Waals surface area contributed by atoms with Crippen LogP contribution in [0.5, 0.6) is 0 Å². The van der Waals surface area contributed by atoms with Gasteiger partial charge in [0.2, 0.25) is 11.8 Å². The molecule has 0 unspecified atom stereocenters. The van der Waals surface area contributed by atoms with Crippen LogP contribution >= 0.6 is 0 Å². The van der Waals surface area contributed by atoms with Gasteiger partial charge in [-0.1, -0.05) is 35.9 Å². The van der Waals surface area contributed by atoms with E-state index in [0.717, 1.165) is 11.1 Å². The Kier molecular flexibility index (Phi) is 7.06. The van der Waals surface area contributed by atoms with Gasteiger partial charge in [0.05, 0.1) is 19.3 Å². The Morgan fingerprint density at radius 2 is 2.11 bits per heavy atom. The lowest BCUT2D eigenvalue weighted by molar-refractivity contribution is -0.215. The molecule has 3 aliphatic rings. The van der Waals surface area contributed by atoms with Crippen LogP contribution < -0.4 is 11.1 Å². The van der Waals surface area contributed by atoms with Crippen molar-refractivity contribution in [3.05, 3.63) is 58.9 Å². The van der Waals surface area contributed by atoms with E-state index in [9.17, 15) is 14.7 Å². The summed E-state index contributed by atoms with van der Waals surface area (Å²) in [6.45, 7) is 4.89. The molecule has 1 spiro atoms. The topological polar surface area (TPSA) is 114 Å². The Bertz CT molecular complexity index is 1200. The summed E-state index contributed by atoms with van der Waals surface area (Å²) >= 11 is 0. The number of carbonyl (C=O) groups is 2. The third-order valence-corrected chi connectivity index (χ3v) is 7.78. The van der Waals surface area contributed by atoms with Crippen LogP contribution in [0.25, 0.3) is 11.1 Å². The molecule has 1 saturated heterocycles. The molecular formula is C28H34FN3O5. The van der Waals surface area contributed by atoms with Crippen LogP contribution in [0.2, 0.25) is 0 Å². The number of morpholine rings is 1. The van der Waals surface area contributed by atoms with Crippen LogP contribution in [0.4, 0.5) is 4.39 Å². The van der Waals surface area contributed by atoms with Gasteiger partial charge in [0, 0.05) is 36.2 Å². The van der Waals surface area contributed by atoms with Gasteiger partial charge in [-0.3, -0.25) is 9.59 Å². The van der Waals surface area contributed by atoms with Gasteiger partial charge in [0.25, 0.3) is 0 Å². The quantitative estimate of drug-likeness (QED) is 0.548. The van der Waals surface area contributed by atoms with E-state index in [-0.39, 0.29) is 43.3 Å². The van der Waals surface area contributed by atoms with Gasteiger partial charge in [0.1, 0.15) is 24.1 Å². The summed E-state index contributed by atoms with van der Waals surface area (Å²) in [5.41, 5.74) is 8.46. The standard InChI is InChI=1S/C28H34FN3O5/c1-3-31-23(34)14-36-26-25-19(7-8-20(29)24(25)17-6-4-5-16(2)11-17)28(26)15-32(9-10-37-28)27(35)18-12-21(30)22(33)13-18/h4-8,11,18,21-22,26,33H,3,9-10,12-15,30H2,1-2H3,(H,31,34)/t18-,21+,22-,26-,28-/m0/s1. The van der Waals surface area contributed by atoms with E-state index in [4.69, 9.17) is 15.2 Å². The number of aliphatic hydroxyl groups excluding tert-OH is 1. The molecule has 1 heterocycles. The Hall–Kier alpha value is -2.85. The second-order valence-electron chi connectivity index (χ2n) is 10.3. The second kappa shape index (κ2) is 10.1. The molecule has 37 heavy (non-hydrogen) atoms. The average Bonchev–Trinajstić information content (AvgIpc) is 3.21. The number of rotatable bonds is 6. The first-order chi connectivity index (χ1) is 17.7. The third-order valence-electron chi connectivity index (χ3n) is 7.78. The third kappa shape index (κ3) is 4.54. The first kappa shape index (κ1) is 25.8. The van der Waals surface area contributed by atoms with Gasteiger partial charge in [-0.15, -0.1) is 0 Å². The highest BCUT2D eigenvalue weighted by Crippen LogP contribution is 2.58. The number of carbonyl (C=O) groups excluding carboxylic acids is 2. The number of hydrogen-bond acceptors (Lipinski definition) is 6. The van der Waals surface area contributed by atoms with Crippen molar-refractivity contribution in [2.24, 2.45) is 11.7 Å². The number of nitrogens with zero attached hydrogens (tertiary/aromatic N) is 1. The molecule has 1 saturated carbocycles. The fraction of sp³-hybridized carbons (Fsp3) is 0.500. The molecule has 5 rings (SSSR count). The molecule has 8 nitrogen and oxygen atoms in total. The van der Waals surface area contributed by atoms with Gasteiger partial charge in [-0.05, 0) is 43.9 Å². The summed E-state index contributed by atoms with van der Waals surface area (Å²) in [6, 6.07) is 10.3. The average molecular weight is 512 g/mol. The number of nitrogens with one attached hydrogen (secondary N) is 1. The molecule has 0 aromatic heterocycles. The zero-order valence-electron chi connectivity index (χ0n) is 21.2. The fourth-order valence-electron chi connectivity index (χ4n) is 6.01. The van der Waals surface area contributed by atoms with Crippen LogP contribution in [0, 0.1) is 18.7 Å². The maximum Gasteiger partial charge on any atom is 0.246 e. The van der Waals surface area contributed by atoms with E-state index < -0.39 is 23.9 Å². The maximum atomic E-state index is 15.3. The van der Waals surface area contributed by atoms with Crippen molar-refractivity contribution in [1.29, 1.82) is 0 Å². The first-order valence-corrected chi connectivity index (χ1v) is 12.9. The van der Waals surface area contributed by atoms with E-state index in [2.05, 4.69) is 5.32 Å². The molecule has 2 fully saturated rings. The van der Waals surface area contributed by atoms with Crippen molar-refractivity contribution < 1.29 is 28.6 Å². The number of nitrogens with two attached hydrogens (primary N) is 1. The van der Waals surface area contributed by atoms with Crippen molar-refractivity contribution in [3.8, 4) is 11.1 Å². The molecule has 198 valence electrons. The molecule has 2 amide bonds. The lowest BCUT2D eigenvalue weighted by Crippen LogP contribution is -2.60. The number of fused-ring (bicyclic) bond motifs is 2. The molecule has 2 aromatic carbocycles. The normalized spacial score (nSPS) is 28.6. The van der Waals surface area contributed by atoms with Crippen LogP contribution in [-0.2, 0) is 24.7 Å². The van der Waals surface area contributed by atoms with E-state index in [1.807, 2.05) is 38.1 Å². The molecule has 2 aliphatic carbocycles. The largest absolute Gasteiger partial charge is 0.391 e. The Balaban J connectivity index is 1.51. The van der Waals surface area contributed by atoms with E-state index in [1.165, 1.54) is 6.07 Å². The van der Waals surface area contributed by atoms with Gasteiger partial charge in [0.15, 0.2) is 0 Å². The zero-order chi connectivity index (χ0) is 26.3. The number of halogens is 1. The molecule has 2 aromatic rings. The van der Waals surface area contributed by atoms with E-state index >= 15 is 4.39 Å². The molecule has 0 bridgehead atoms. The SMILES string of the molecule is CCNC(=O)CO[C@H]1c2c(ccc(F)c2-c2cccc(C)c2)[C@@]12CN(C(=O)[C@H]1C[C@@H](N)[C@@H](O)C1)CCO2. The van der Waals surface area contributed by atoms with Crippen LogP contribution in [0.3, 0.4) is 0 Å². The highest BCUT2D eigenvalue weighted by Gasteiger charge is 2.59. The number of likely N-dealkylation sites (N-methyl/N-ethyl adjacent to an activating group) is 1. The van der Waals surface area contributed by atoms with E-state index in [0.29, 0.717) is 42.6 Å². The Morgan fingerprint density at radius 3 is 2.81 bits per heavy atom. The number of aryl methyl sites for hydroxylation is 1. The van der Waals surface area contributed by atoms with Crippen molar-refractivity contribution in [3.63, 3.8) is 0 Å². The van der Waals surface area contributed by atoms with Crippen molar-refractivity contribution in [2.45, 2.75) is 50.5 Å². The molecular weight excluding hydrogens is 477 g/mol. The first-order valence-electron chi connectivity index (χ1n) is 12.9. The lowest BCUT2D eigenvalue weighted by Gasteiger charge is -2.55. The molecule has 4 N–H and O–H groups in total. The minimum absolute atomic E-state index is 0.0772. The summed E-state index contributed by atoms with van der Waals surface area (Å²) in [5, 5.41) is 12.8. The number of aliphatic hydroxyl groups is 1. The predicted octanol–water partition coefficient (Wildman–Crippen LogP) is 2.16.